The van der Waals surface area contributed by atoms with Crippen molar-refractivity contribution >= 4 is 17.1 Å². The van der Waals surface area contributed by atoms with E-state index < -0.39 is 0 Å². The third-order valence-corrected chi connectivity index (χ3v) is 5.89. The monoisotopic (exact) mass is 319 g/mol. The maximum absolute atomic E-state index is 9.64. The minimum absolute atomic E-state index is 0.174. The molecule has 2 aromatic rings. The molecule has 0 aliphatic carbocycles. The number of fused-ring (bicyclic) bond motifs is 1. The van der Waals surface area contributed by atoms with Gasteiger partial charge in [0.2, 0.25) is 0 Å². The third kappa shape index (κ3) is 2.03. The molecule has 0 N–H and O–H groups in total. The van der Waals surface area contributed by atoms with Crippen molar-refractivity contribution in [2.45, 2.75) is 47.7 Å². The summed E-state index contributed by atoms with van der Waals surface area (Å²) in [6.07, 6.45) is 0.174. The lowest BCUT2D eigenvalue weighted by Crippen LogP contribution is -2.36. The molecule has 124 valence electrons. The number of nitriles is 1. The van der Waals surface area contributed by atoms with Crippen LogP contribution >= 0.6 is 0 Å². The Bertz CT molecular complexity index is 845. The Morgan fingerprint density at radius 3 is 1.96 bits per heavy atom. The molecular formula is C21H25N3. The van der Waals surface area contributed by atoms with Gasteiger partial charge in [-0.15, -0.1) is 0 Å². The van der Waals surface area contributed by atoms with Crippen LogP contribution in [-0.4, -0.2) is 13.2 Å². The van der Waals surface area contributed by atoms with Gasteiger partial charge in [0.25, 0.3) is 0 Å². The topological polar surface area (TPSA) is 30.3 Å². The van der Waals surface area contributed by atoms with Gasteiger partial charge in [-0.2, -0.15) is 5.26 Å². The second kappa shape index (κ2) is 5.56. The van der Waals surface area contributed by atoms with Gasteiger partial charge in [0.15, 0.2) is 0 Å². The summed E-state index contributed by atoms with van der Waals surface area (Å²) in [6, 6.07) is 8.36. The first-order chi connectivity index (χ1) is 11.3. The fourth-order valence-corrected chi connectivity index (χ4v) is 3.86. The highest BCUT2D eigenvalue weighted by Gasteiger charge is 2.35. The smallest absolute Gasteiger partial charge is 0.103 e. The number of hydrogen-bond acceptors (Lipinski definition) is 3. The van der Waals surface area contributed by atoms with E-state index in [0.29, 0.717) is 0 Å². The van der Waals surface area contributed by atoms with Crippen molar-refractivity contribution in [1.82, 2.24) is 0 Å². The molecule has 3 heteroatoms. The average Bonchev–Trinajstić information content (AvgIpc) is 2.84. The quantitative estimate of drug-likeness (QED) is 0.738. The van der Waals surface area contributed by atoms with Crippen LogP contribution in [0, 0.1) is 45.9 Å². The van der Waals surface area contributed by atoms with Gasteiger partial charge < -0.3 is 9.80 Å². The van der Waals surface area contributed by atoms with Crippen LogP contribution in [0.5, 0.6) is 0 Å². The summed E-state index contributed by atoms with van der Waals surface area (Å²) in [6.45, 7) is 13.2. The highest BCUT2D eigenvalue weighted by atomic mass is 15.4. The lowest BCUT2D eigenvalue weighted by Gasteiger charge is -2.32. The largest absolute Gasteiger partial charge is 0.352 e. The molecule has 0 bridgehead atoms. The summed E-state index contributed by atoms with van der Waals surface area (Å²) in [4.78, 5) is 4.59. The summed E-state index contributed by atoms with van der Waals surface area (Å²) >= 11 is 0. The zero-order chi connectivity index (χ0) is 17.8. The average molecular weight is 319 g/mol. The Morgan fingerprint density at radius 2 is 1.42 bits per heavy atom. The fraction of sp³-hybridized carbons (Fsp3) is 0.381. The number of anilines is 3. The van der Waals surface area contributed by atoms with E-state index in [4.69, 9.17) is 0 Å². The maximum atomic E-state index is 9.64. The first kappa shape index (κ1) is 16.4. The molecule has 2 aromatic carbocycles. The normalized spacial score (nSPS) is 16.3. The van der Waals surface area contributed by atoms with E-state index in [9.17, 15) is 5.26 Å². The Morgan fingerprint density at radius 1 is 0.875 bits per heavy atom. The van der Waals surface area contributed by atoms with Gasteiger partial charge in [0.05, 0.1) is 16.9 Å². The molecular weight excluding hydrogens is 294 g/mol. The molecule has 0 aromatic heterocycles. The summed E-state index contributed by atoms with van der Waals surface area (Å²) in [5, 5.41) is 9.64. The molecule has 0 radical (unpaired) electrons. The van der Waals surface area contributed by atoms with Gasteiger partial charge in [0.1, 0.15) is 12.2 Å². The van der Waals surface area contributed by atoms with E-state index in [2.05, 4.69) is 70.5 Å². The zero-order valence-electron chi connectivity index (χ0n) is 15.7. The maximum Gasteiger partial charge on any atom is 0.103 e. The highest BCUT2D eigenvalue weighted by Crippen LogP contribution is 2.48. The highest BCUT2D eigenvalue weighted by molar-refractivity contribution is 5.89. The van der Waals surface area contributed by atoms with Crippen LogP contribution in [0.4, 0.5) is 17.1 Å². The third-order valence-electron chi connectivity index (χ3n) is 5.89. The predicted molar refractivity (Wildman–Crippen MR) is 101 cm³/mol. The first-order valence-electron chi connectivity index (χ1n) is 8.43. The minimum atomic E-state index is 0.174. The molecule has 1 atom stereocenters. The number of para-hydroxylation sites is 1. The summed E-state index contributed by atoms with van der Waals surface area (Å²) < 4.78 is 0. The second-order valence-corrected chi connectivity index (χ2v) is 6.87. The summed E-state index contributed by atoms with van der Waals surface area (Å²) in [5.41, 5.74) is 10.8. The molecule has 0 saturated carbocycles. The number of benzene rings is 2. The Labute approximate surface area is 145 Å². The molecule has 24 heavy (non-hydrogen) atoms. The second-order valence-electron chi connectivity index (χ2n) is 6.87. The Hall–Kier alpha value is -2.47. The lowest BCUT2D eigenvalue weighted by molar-refractivity contribution is 0.730. The van der Waals surface area contributed by atoms with Crippen LogP contribution in [0.1, 0.15) is 40.3 Å². The Balaban J connectivity index is 2.37. The van der Waals surface area contributed by atoms with Crippen molar-refractivity contribution in [2.75, 3.05) is 16.8 Å². The van der Waals surface area contributed by atoms with Gasteiger partial charge in [-0.3, -0.25) is 0 Å². The van der Waals surface area contributed by atoms with E-state index in [1.165, 1.54) is 33.5 Å². The fourth-order valence-electron chi connectivity index (χ4n) is 3.86. The van der Waals surface area contributed by atoms with Gasteiger partial charge in [-0.05, 0) is 81.5 Å². The van der Waals surface area contributed by atoms with Crippen LogP contribution < -0.4 is 9.80 Å². The molecule has 0 unspecified atom stereocenters. The van der Waals surface area contributed by atoms with Crippen molar-refractivity contribution in [1.29, 1.82) is 5.26 Å². The predicted octanol–water partition coefficient (Wildman–Crippen LogP) is 5.03. The molecule has 1 aliphatic heterocycles. The van der Waals surface area contributed by atoms with Gasteiger partial charge in [-0.1, -0.05) is 6.07 Å². The van der Waals surface area contributed by atoms with Gasteiger partial charge >= 0.3 is 0 Å². The summed E-state index contributed by atoms with van der Waals surface area (Å²) in [5.74, 6) is 0. The summed E-state index contributed by atoms with van der Waals surface area (Å²) in [7, 11) is 2.10. The molecule has 0 fully saturated rings. The first-order valence-corrected chi connectivity index (χ1v) is 8.43. The van der Waals surface area contributed by atoms with Crippen LogP contribution in [0.2, 0.25) is 0 Å². The number of hydrogen-bond donors (Lipinski definition) is 0. The van der Waals surface area contributed by atoms with Crippen molar-refractivity contribution in [3.05, 3.63) is 51.6 Å². The molecule has 1 heterocycles. The van der Waals surface area contributed by atoms with E-state index in [1.54, 1.807) is 0 Å². The van der Waals surface area contributed by atoms with Crippen LogP contribution in [-0.2, 0) is 0 Å². The molecule has 0 saturated heterocycles. The SMILES string of the molecule is Cc1c(C)c(C)c(N2c3c(C#N)cccc3N(C)[C@@H]2C)c(C)c1C. The number of nitrogens with zero attached hydrogens (tertiary/aromatic N) is 3. The van der Waals surface area contributed by atoms with Crippen molar-refractivity contribution in [2.24, 2.45) is 0 Å². The van der Waals surface area contributed by atoms with E-state index in [1.807, 2.05) is 12.1 Å². The van der Waals surface area contributed by atoms with Gasteiger partial charge in [-0.25, -0.2) is 0 Å². The standard InChI is InChI=1S/C21H25N3/c1-12-13(2)15(4)20(16(5)14(12)3)24-17(6)23(7)19-10-8-9-18(11-22)21(19)24/h8-10,17H,1-7H3/t17-/m0/s1. The van der Waals surface area contributed by atoms with Crippen LogP contribution in [0.15, 0.2) is 18.2 Å². The molecule has 3 rings (SSSR count). The van der Waals surface area contributed by atoms with Crippen LogP contribution in [0.3, 0.4) is 0 Å². The molecule has 0 spiro atoms. The number of rotatable bonds is 1. The zero-order valence-corrected chi connectivity index (χ0v) is 15.7. The van der Waals surface area contributed by atoms with Gasteiger partial charge in [0, 0.05) is 12.7 Å². The van der Waals surface area contributed by atoms with Crippen molar-refractivity contribution in [3.63, 3.8) is 0 Å². The van der Waals surface area contributed by atoms with Crippen molar-refractivity contribution in [3.8, 4) is 6.07 Å². The van der Waals surface area contributed by atoms with Crippen LogP contribution in [0.25, 0.3) is 0 Å². The molecule has 0 amide bonds. The lowest BCUT2D eigenvalue weighted by atomic mass is 9.92. The molecule has 3 nitrogen and oxygen atoms in total. The van der Waals surface area contributed by atoms with E-state index >= 15 is 0 Å². The van der Waals surface area contributed by atoms with Crippen molar-refractivity contribution < 1.29 is 0 Å². The van der Waals surface area contributed by atoms with E-state index in [-0.39, 0.29) is 6.17 Å². The van der Waals surface area contributed by atoms with E-state index in [0.717, 1.165) is 16.9 Å². The minimum Gasteiger partial charge on any atom is -0.352 e. The Kier molecular flexibility index (Phi) is 3.80. The molecule has 1 aliphatic rings.